The van der Waals surface area contributed by atoms with Crippen molar-refractivity contribution < 1.29 is 24.1 Å². The Balaban J connectivity index is 1.53. The number of carbonyl (C=O) groups is 1. The van der Waals surface area contributed by atoms with Crippen molar-refractivity contribution in [3.63, 3.8) is 0 Å². The van der Waals surface area contributed by atoms with Gasteiger partial charge >= 0.3 is 0 Å². The molecule has 1 aromatic rings. The summed E-state index contributed by atoms with van der Waals surface area (Å²) in [5.74, 6) is 0.676. The van der Waals surface area contributed by atoms with Gasteiger partial charge in [-0.2, -0.15) is 0 Å². The summed E-state index contributed by atoms with van der Waals surface area (Å²) in [4.78, 5) is 19.5. The lowest BCUT2D eigenvalue weighted by atomic mass is 10.1. The summed E-state index contributed by atoms with van der Waals surface area (Å²) in [6.45, 7) is 7.12. The van der Waals surface area contributed by atoms with Gasteiger partial charge in [0.05, 0.1) is 32.5 Å². The number of hydrogen-bond donors (Lipinski definition) is 1. The highest BCUT2D eigenvalue weighted by Gasteiger charge is 2.27. The number of amides is 1. The average molecular weight is 450 g/mol. The van der Waals surface area contributed by atoms with E-state index >= 15 is 0 Å². The summed E-state index contributed by atoms with van der Waals surface area (Å²) in [5.41, 5.74) is 0.617. The molecule has 32 heavy (non-hydrogen) atoms. The number of benzene rings is 1. The second-order valence-electron chi connectivity index (χ2n) is 8.74. The van der Waals surface area contributed by atoms with Crippen molar-refractivity contribution in [2.75, 3.05) is 79.8 Å². The van der Waals surface area contributed by atoms with Gasteiger partial charge in [0.25, 0.3) is 5.91 Å². The minimum absolute atomic E-state index is 0.0458. The van der Waals surface area contributed by atoms with E-state index in [0.29, 0.717) is 45.0 Å². The van der Waals surface area contributed by atoms with E-state index in [1.54, 1.807) is 43.4 Å². The molecule has 0 bridgehead atoms. The first kappa shape index (κ1) is 24.9. The minimum Gasteiger partial charge on any atom is -0.497 e. The Kier molecular flexibility index (Phi) is 10.2. The maximum absolute atomic E-state index is 13.1. The lowest BCUT2D eigenvalue weighted by Crippen LogP contribution is -2.52. The molecule has 0 unspecified atom stereocenters. The fourth-order valence-corrected chi connectivity index (χ4v) is 4.49. The van der Waals surface area contributed by atoms with Crippen LogP contribution in [0.1, 0.15) is 29.6 Å². The fourth-order valence-electron chi connectivity index (χ4n) is 4.49. The Hall–Kier alpha value is -1.71. The number of rotatable bonds is 11. The number of morpholine rings is 1. The molecule has 1 N–H and O–H groups in total. The van der Waals surface area contributed by atoms with Crippen LogP contribution < -0.4 is 4.74 Å². The van der Waals surface area contributed by atoms with Crippen molar-refractivity contribution in [3.05, 3.63) is 29.8 Å². The molecular weight excluding hydrogens is 410 g/mol. The molecule has 2 heterocycles. The van der Waals surface area contributed by atoms with Gasteiger partial charge in [-0.15, -0.1) is 0 Å². The molecule has 0 aromatic heterocycles. The highest BCUT2D eigenvalue weighted by Crippen LogP contribution is 2.15. The molecule has 8 heteroatoms. The normalized spacial score (nSPS) is 21.3. The minimum atomic E-state index is -0.364. The Labute approximate surface area is 192 Å². The van der Waals surface area contributed by atoms with Crippen LogP contribution in [0.2, 0.25) is 0 Å². The summed E-state index contributed by atoms with van der Waals surface area (Å²) in [5, 5.41) is 10.6. The van der Waals surface area contributed by atoms with Gasteiger partial charge < -0.3 is 29.1 Å². The molecule has 2 atom stereocenters. The van der Waals surface area contributed by atoms with Crippen LogP contribution in [-0.2, 0) is 9.47 Å². The highest BCUT2D eigenvalue weighted by atomic mass is 16.5. The predicted octanol–water partition coefficient (Wildman–Crippen LogP) is 1.33. The van der Waals surface area contributed by atoms with Gasteiger partial charge in [0, 0.05) is 51.9 Å². The molecule has 1 amide bonds. The van der Waals surface area contributed by atoms with Gasteiger partial charge in [0.15, 0.2) is 0 Å². The van der Waals surface area contributed by atoms with E-state index in [-0.39, 0.29) is 18.1 Å². The maximum atomic E-state index is 13.1. The van der Waals surface area contributed by atoms with E-state index in [1.165, 1.54) is 19.3 Å². The number of carbonyl (C=O) groups excluding carboxylic acids is 1. The third kappa shape index (κ3) is 7.71. The van der Waals surface area contributed by atoms with E-state index in [1.807, 2.05) is 0 Å². The number of hydrogen-bond acceptors (Lipinski definition) is 7. The Morgan fingerprint density at radius 3 is 2.53 bits per heavy atom. The van der Waals surface area contributed by atoms with E-state index in [9.17, 15) is 9.90 Å². The summed E-state index contributed by atoms with van der Waals surface area (Å²) < 4.78 is 16.4. The van der Waals surface area contributed by atoms with Gasteiger partial charge in [0.1, 0.15) is 5.75 Å². The number of methoxy groups -OCH3 is 2. The van der Waals surface area contributed by atoms with Crippen molar-refractivity contribution >= 4 is 5.91 Å². The van der Waals surface area contributed by atoms with Crippen molar-refractivity contribution in [2.45, 2.75) is 31.5 Å². The topological polar surface area (TPSA) is 74.7 Å². The standard InChI is InChI=1S/C24H39N3O5/c1-30-14-13-27(24(29)20-6-8-22(31-2)9-7-20)19-23-18-26(12-15-32-23)17-21(28)16-25-10-4-3-5-11-25/h6-9,21,23,28H,3-5,10-19H2,1-2H3/t21-,23-/m0/s1. The zero-order valence-corrected chi connectivity index (χ0v) is 19.6. The largest absolute Gasteiger partial charge is 0.497 e. The van der Waals surface area contributed by atoms with Gasteiger partial charge in [0.2, 0.25) is 0 Å². The van der Waals surface area contributed by atoms with Gasteiger partial charge in [-0.3, -0.25) is 9.69 Å². The van der Waals surface area contributed by atoms with Crippen LogP contribution in [0.25, 0.3) is 0 Å². The summed E-state index contributed by atoms with van der Waals surface area (Å²) in [6, 6.07) is 7.16. The molecule has 3 rings (SSSR count). The van der Waals surface area contributed by atoms with E-state index in [0.717, 1.165) is 31.9 Å². The van der Waals surface area contributed by atoms with Crippen molar-refractivity contribution in [1.82, 2.24) is 14.7 Å². The molecule has 2 aliphatic heterocycles. The smallest absolute Gasteiger partial charge is 0.254 e. The second kappa shape index (κ2) is 13.1. The first-order valence-electron chi connectivity index (χ1n) is 11.8. The fraction of sp³-hybridized carbons (Fsp3) is 0.708. The van der Waals surface area contributed by atoms with E-state index in [4.69, 9.17) is 14.2 Å². The molecule has 1 aromatic carbocycles. The SMILES string of the molecule is COCCN(C[C@@H]1CN(C[C@@H](O)CN2CCCCC2)CCO1)C(=O)c1ccc(OC)cc1. The zero-order valence-electron chi connectivity index (χ0n) is 19.6. The number of nitrogens with zero attached hydrogens (tertiary/aromatic N) is 3. The van der Waals surface area contributed by atoms with Crippen LogP contribution in [0.15, 0.2) is 24.3 Å². The Morgan fingerprint density at radius 2 is 1.84 bits per heavy atom. The number of β-amino-alcohol motifs (C(OH)–C–C–N with tert-alkyl or cyclic N) is 1. The number of likely N-dealkylation sites (tertiary alicyclic amines) is 1. The predicted molar refractivity (Wildman–Crippen MR) is 123 cm³/mol. The monoisotopic (exact) mass is 449 g/mol. The third-order valence-corrected chi connectivity index (χ3v) is 6.22. The molecule has 0 saturated carbocycles. The summed E-state index contributed by atoms with van der Waals surface area (Å²) in [6.07, 6.45) is 3.30. The summed E-state index contributed by atoms with van der Waals surface area (Å²) in [7, 11) is 3.25. The van der Waals surface area contributed by atoms with Crippen LogP contribution in [0.4, 0.5) is 0 Å². The van der Waals surface area contributed by atoms with Crippen molar-refractivity contribution in [3.8, 4) is 5.75 Å². The third-order valence-electron chi connectivity index (χ3n) is 6.22. The first-order chi connectivity index (χ1) is 15.6. The Morgan fingerprint density at radius 1 is 1.12 bits per heavy atom. The van der Waals surface area contributed by atoms with Crippen LogP contribution in [0.5, 0.6) is 5.75 Å². The molecule has 0 spiro atoms. The molecule has 8 nitrogen and oxygen atoms in total. The van der Waals surface area contributed by atoms with Crippen molar-refractivity contribution in [1.29, 1.82) is 0 Å². The molecule has 180 valence electrons. The lowest BCUT2D eigenvalue weighted by molar-refractivity contribution is -0.0541. The lowest BCUT2D eigenvalue weighted by Gasteiger charge is -2.37. The number of ether oxygens (including phenoxy) is 3. The Bertz CT molecular complexity index is 681. The molecule has 2 saturated heterocycles. The van der Waals surface area contributed by atoms with Gasteiger partial charge in [-0.05, 0) is 50.2 Å². The number of aliphatic hydroxyl groups is 1. The first-order valence-corrected chi connectivity index (χ1v) is 11.8. The van der Waals surface area contributed by atoms with Crippen LogP contribution in [-0.4, -0.2) is 118 Å². The highest BCUT2D eigenvalue weighted by molar-refractivity contribution is 5.94. The van der Waals surface area contributed by atoms with E-state index in [2.05, 4.69) is 9.80 Å². The van der Waals surface area contributed by atoms with Gasteiger partial charge in [-0.1, -0.05) is 6.42 Å². The molecule has 2 aliphatic rings. The maximum Gasteiger partial charge on any atom is 0.254 e. The van der Waals surface area contributed by atoms with E-state index < -0.39 is 0 Å². The number of aliphatic hydroxyl groups excluding tert-OH is 1. The molecular formula is C24H39N3O5. The van der Waals surface area contributed by atoms with Crippen LogP contribution in [0.3, 0.4) is 0 Å². The van der Waals surface area contributed by atoms with Crippen LogP contribution >= 0.6 is 0 Å². The zero-order chi connectivity index (χ0) is 22.8. The van der Waals surface area contributed by atoms with Gasteiger partial charge in [-0.25, -0.2) is 0 Å². The molecule has 0 aliphatic carbocycles. The average Bonchev–Trinajstić information content (AvgIpc) is 2.82. The van der Waals surface area contributed by atoms with Crippen molar-refractivity contribution in [2.24, 2.45) is 0 Å². The second-order valence-corrected chi connectivity index (χ2v) is 8.74. The quantitative estimate of drug-likeness (QED) is 0.546. The number of piperidine rings is 1. The summed E-state index contributed by atoms with van der Waals surface area (Å²) >= 11 is 0. The van der Waals surface area contributed by atoms with Crippen LogP contribution in [0, 0.1) is 0 Å². The molecule has 2 fully saturated rings. The molecule has 0 radical (unpaired) electrons.